The standard InChI is InChI=1S/C13H15N3O3/c1-4-19-13(17)10-8-16(15-14-10)11-7-9(2)5-6-12(11)18-3/h5-8H,4H2,1-3H3. The Morgan fingerprint density at radius 2 is 2.21 bits per heavy atom. The van der Waals surface area contributed by atoms with Crippen LogP contribution >= 0.6 is 0 Å². The average Bonchev–Trinajstić information content (AvgIpc) is 2.88. The number of methoxy groups -OCH3 is 1. The first-order valence-electron chi connectivity index (χ1n) is 5.90. The minimum absolute atomic E-state index is 0.172. The first-order valence-corrected chi connectivity index (χ1v) is 5.90. The maximum Gasteiger partial charge on any atom is 0.360 e. The Morgan fingerprint density at radius 1 is 1.42 bits per heavy atom. The predicted octanol–water partition coefficient (Wildman–Crippen LogP) is 1.76. The second-order valence-electron chi connectivity index (χ2n) is 3.94. The fraction of sp³-hybridized carbons (Fsp3) is 0.308. The lowest BCUT2D eigenvalue weighted by Crippen LogP contribution is -2.04. The van der Waals surface area contributed by atoms with Gasteiger partial charge in [-0.25, -0.2) is 9.48 Å². The summed E-state index contributed by atoms with van der Waals surface area (Å²) < 4.78 is 11.6. The summed E-state index contributed by atoms with van der Waals surface area (Å²) in [6, 6.07) is 5.68. The summed E-state index contributed by atoms with van der Waals surface area (Å²) in [7, 11) is 1.58. The molecule has 0 fully saturated rings. The molecule has 0 aliphatic heterocycles. The van der Waals surface area contributed by atoms with Crippen molar-refractivity contribution in [2.75, 3.05) is 13.7 Å². The number of ether oxygens (including phenoxy) is 2. The first-order chi connectivity index (χ1) is 9.15. The van der Waals surface area contributed by atoms with Crippen molar-refractivity contribution in [3.05, 3.63) is 35.7 Å². The number of nitrogens with zero attached hydrogens (tertiary/aromatic N) is 3. The molecule has 1 aromatic carbocycles. The number of aromatic nitrogens is 3. The lowest BCUT2D eigenvalue weighted by molar-refractivity contribution is 0.0519. The van der Waals surface area contributed by atoms with Gasteiger partial charge in [0, 0.05) is 0 Å². The normalized spacial score (nSPS) is 10.3. The number of carbonyl (C=O) groups excluding carboxylic acids is 1. The second kappa shape index (κ2) is 5.51. The molecule has 0 bridgehead atoms. The van der Waals surface area contributed by atoms with Gasteiger partial charge in [-0.1, -0.05) is 11.3 Å². The van der Waals surface area contributed by atoms with Gasteiger partial charge in [-0.3, -0.25) is 0 Å². The van der Waals surface area contributed by atoms with E-state index in [4.69, 9.17) is 9.47 Å². The number of aryl methyl sites for hydroxylation is 1. The summed E-state index contributed by atoms with van der Waals surface area (Å²) in [4.78, 5) is 11.5. The smallest absolute Gasteiger partial charge is 0.360 e. The minimum atomic E-state index is -0.486. The van der Waals surface area contributed by atoms with Gasteiger partial charge in [0.1, 0.15) is 11.4 Å². The van der Waals surface area contributed by atoms with Crippen molar-refractivity contribution in [1.29, 1.82) is 0 Å². The summed E-state index contributed by atoms with van der Waals surface area (Å²) >= 11 is 0. The summed E-state index contributed by atoms with van der Waals surface area (Å²) in [6.45, 7) is 4.01. The average molecular weight is 261 g/mol. The highest BCUT2D eigenvalue weighted by molar-refractivity contribution is 5.86. The molecule has 2 aromatic rings. The molecule has 0 saturated heterocycles. The molecule has 0 saturated carbocycles. The van der Waals surface area contributed by atoms with E-state index in [2.05, 4.69) is 10.3 Å². The topological polar surface area (TPSA) is 66.2 Å². The van der Waals surface area contributed by atoms with Crippen LogP contribution in [0.4, 0.5) is 0 Å². The van der Waals surface area contributed by atoms with Crippen LogP contribution in [0.2, 0.25) is 0 Å². The Bertz CT molecular complexity index is 593. The molecular weight excluding hydrogens is 246 g/mol. The van der Waals surface area contributed by atoms with Crippen LogP contribution < -0.4 is 4.74 Å². The first kappa shape index (κ1) is 13.1. The van der Waals surface area contributed by atoms with Crippen molar-refractivity contribution in [3.63, 3.8) is 0 Å². The summed E-state index contributed by atoms with van der Waals surface area (Å²) in [5.41, 5.74) is 1.96. The number of carbonyl (C=O) groups is 1. The lowest BCUT2D eigenvalue weighted by atomic mass is 10.2. The molecule has 6 heteroatoms. The zero-order chi connectivity index (χ0) is 13.8. The molecule has 0 radical (unpaired) electrons. The molecular formula is C13H15N3O3. The Hall–Kier alpha value is -2.37. The predicted molar refractivity (Wildman–Crippen MR) is 68.6 cm³/mol. The van der Waals surface area contributed by atoms with Crippen LogP contribution in [0.25, 0.3) is 5.69 Å². The molecule has 1 aromatic heterocycles. The van der Waals surface area contributed by atoms with Gasteiger partial charge < -0.3 is 9.47 Å². The maximum absolute atomic E-state index is 11.5. The van der Waals surface area contributed by atoms with Crippen molar-refractivity contribution in [3.8, 4) is 11.4 Å². The van der Waals surface area contributed by atoms with Gasteiger partial charge >= 0.3 is 5.97 Å². The summed E-state index contributed by atoms with van der Waals surface area (Å²) in [5, 5.41) is 7.72. The molecule has 2 rings (SSSR count). The van der Waals surface area contributed by atoms with Crippen molar-refractivity contribution in [2.24, 2.45) is 0 Å². The van der Waals surface area contributed by atoms with Crippen molar-refractivity contribution < 1.29 is 14.3 Å². The molecule has 6 nitrogen and oxygen atoms in total. The highest BCUT2D eigenvalue weighted by atomic mass is 16.5. The van der Waals surface area contributed by atoms with E-state index < -0.39 is 5.97 Å². The second-order valence-corrected chi connectivity index (χ2v) is 3.94. The van der Waals surface area contributed by atoms with E-state index in [-0.39, 0.29) is 5.69 Å². The molecule has 0 aliphatic rings. The third-order valence-electron chi connectivity index (χ3n) is 2.56. The van der Waals surface area contributed by atoms with Gasteiger partial charge in [-0.15, -0.1) is 5.10 Å². The molecule has 0 N–H and O–H groups in total. The van der Waals surface area contributed by atoms with Crippen molar-refractivity contribution in [1.82, 2.24) is 15.0 Å². The largest absolute Gasteiger partial charge is 0.494 e. The quantitative estimate of drug-likeness (QED) is 0.784. The third kappa shape index (κ3) is 2.73. The molecule has 0 amide bonds. The SMILES string of the molecule is CCOC(=O)c1cn(-c2cc(C)ccc2OC)nn1. The Kier molecular flexibility index (Phi) is 3.79. The number of hydrogen-bond acceptors (Lipinski definition) is 5. The number of hydrogen-bond donors (Lipinski definition) is 0. The van der Waals surface area contributed by atoms with Gasteiger partial charge in [0.25, 0.3) is 0 Å². The van der Waals surface area contributed by atoms with Crippen molar-refractivity contribution >= 4 is 5.97 Å². The maximum atomic E-state index is 11.5. The van der Waals surface area contributed by atoms with Crippen LogP contribution in [-0.2, 0) is 4.74 Å². The van der Waals surface area contributed by atoms with E-state index >= 15 is 0 Å². The molecule has 0 aliphatic carbocycles. The van der Waals surface area contributed by atoms with Crippen LogP contribution in [0, 0.1) is 6.92 Å². The highest BCUT2D eigenvalue weighted by Gasteiger charge is 2.14. The number of benzene rings is 1. The fourth-order valence-electron chi connectivity index (χ4n) is 1.66. The van der Waals surface area contributed by atoms with Gasteiger partial charge in [0.15, 0.2) is 5.69 Å². The minimum Gasteiger partial charge on any atom is -0.494 e. The van der Waals surface area contributed by atoms with E-state index in [0.717, 1.165) is 11.3 Å². The van der Waals surface area contributed by atoms with Crippen LogP contribution in [0.1, 0.15) is 23.0 Å². The fourth-order valence-corrected chi connectivity index (χ4v) is 1.66. The van der Waals surface area contributed by atoms with E-state index in [1.807, 2.05) is 25.1 Å². The monoisotopic (exact) mass is 261 g/mol. The molecule has 100 valence electrons. The summed E-state index contributed by atoms with van der Waals surface area (Å²) in [5.74, 6) is 0.172. The van der Waals surface area contributed by atoms with E-state index in [9.17, 15) is 4.79 Å². The lowest BCUT2D eigenvalue weighted by Gasteiger charge is -2.08. The van der Waals surface area contributed by atoms with Gasteiger partial charge in [-0.2, -0.15) is 0 Å². The van der Waals surface area contributed by atoms with Gasteiger partial charge in [0.05, 0.1) is 19.9 Å². The van der Waals surface area contributed by atoms with Gasteiger partial charge in [-0.05, 0) is 31.5 Å². The van der Waals surface area contributed by atoms with E-state index in [0.29, 0.717) is 12.4 Å². The molecule has 19 heavy (non-hydrogen) atoms. The van der Waals surface area contributed by atoms with E-state index in [1.165, 1.54) is 10.9 Å². The highest BCUT2D eigenvalue weighted by Crippen LogP contribution is 2.23. The molecule has 0 atom stereocenters. The number of rotatable bonds is 4. The Morgan fingerprint density at radius 3 is 2.89 bits per heavy atom. The molecule has 0 spiro atoms. The molecule has 0 unspecified atom stereocenters. The zero-order valence-electron chi connectivity index (χ0n) is 11.1. The number of esters is 1. The van der Waals surface area contributed by atoms with E-state index in [1.54, 1.807) is 14.0 Å². The van der Waals surface area contributed by atoms with Crippen LogP contribution in [0.5, 0.6) is 5.75 Å². The zero-order valence-corrected chi connectivity index (χ0v) is 11.1. The van der Waals surface area contributed by atoms with Crippen LogP contribution in [-0.4, -0.2) is 34.7 Å². The Balaban J connectivity index is 2.37. The van der Waals surface area contributed by atoms with Crippen LogP contribution in [0.3, 0.4) is 0 Å². The third-order valence-corrected chi connectivity index (χ3v) is 2.56. The Labute approximate surface area is 110 Å². The molecule has 1 heterocycles. The van der Waals surface area contributed by atoms with Crippen LogP contribution in [0.15, 0.2) is 24.4 Å². The summed E-state index contributed by atoms with van der Waals surface area (Å²) in [6.07, 6.45) is 1.52. The van der Waals surface area contributed by atoms with Crippen molar-refractivity contribution in [2.45, 2.75) is 13.8 Å². The van der Waals surface area contributed by atoms with Gasteiger partial charge in [0.2, 0.25) is 0 Å².